The highest BCUT2D eigenvalue weighted by Crippen LogP contribution is 2.54. The van der Waals surface area contributed by atoms with Crippen molar-refractivity contribution in [2.24, 2.45) is 0 Å². The highest BCUT2D eigenvalue weighted by molar-refractivity contribution is 6.23. The minimum absolute atomic E-state index is 0.0639. The number of hydrogen-bond acceptors (Lipinski definition) is 0. The predicted molar refractivity (Wildman–Crippen MR) is 198 cm³/mol. The van der Waals surface area contributed by atoms with Crippen LogP contribution < -0.4 is 0 Å². The number of hydrogen-bond donors (Lipinski definition) is 0. The third kappa shape index (κ3) is 3.93. The molecule has 0 nitrogen and oxygen atoms in total. The predicted octanol–water partition coefficient (Wildman–Crippen LogP) is 12.8. The van der Waals surface area contributed by atoms with Crippen molar-refractivity contribution in [3.05, 3.63) is 168 Å². The van der Waals surface area contributed by atoms with E-state index in [4.69, 9.17) is 0 Å². The molecule has 8 aromatic carbocycles. The maximum absolute atomic E-state index is 2.45. The summed E-state index contributed by atoms with van der Waals surface area (Å²) in [5.41, 5.74) is 14.4. The average molecular weight is 587 g/mol. The van der Waals surface area contributed by atoms with E-state index in [-0.39, 0.29) is 5.41 Å². The minimum Gasteiger partial charge on any atom is -0.0619 e. The first-order valence-electron chi connectivity index (χ1n) is 16.3. The normalized spacial score (nSPS) is 13.3. The average Bonchev–Trinajstić information content (AvgIpc) is 3.33. The lowest BCUT2D eigenvalue weighted by Crippen LogP contribution is -2.14. The highest BCUT2D eigenvalue weighted by Gasteiger charge is 2.37. The molecule has 9 rings (SSSR count). The molecule has 0 fully saturated rings. The maximum atomic E-state index is 2.45. The van der Waals surface area contributed by atoms with Crippen molar-refractivity contribution in [2.45, 2.75) is 26.2 Å². The minimum atomic E-state index is -0.0639. The lowest BCUT2D eigenvalue weighted by atomic mass is 9.80. The molecule has 0 saturated heterocycles. The molecule has 0 aromatic heterocycles. The van der Waals surface area contributed by atoms with Gasteiger partial charge in [-0.05, 0) is 107 Å². The zero-order chi connectivity index (χ0) is 31.0. The molecular formula is C46H34. The second-order valence-corrected chi connectivity index (χ2v) is 13.4. The van der Waals surface area contributed by atoms with Crippen LogP contribution in [0, 0.1) is 6.92 Å². The van der Waals surface area contributed by atoms with Gasteiger partial charge in [0.1, 0.15) is 0 Å². The molecule has 0 atom stereocenters. The monoisotopic (exact) mass is 586 g/mol. The van der Waals surface area contributed by atoms with Gasteiger partial charge in [0.2, 0.25) is 0 Å². The first-order chi connectivity index (χ1) is 22.5. The topological polar surface area (TPSA) is 0 Å². The fraction of sp³-hybridized carbons (Fsp3) is 0.0870. The van der Waals surface area contributed by atoms with Crippen molar-refractivity contribution in [3.63, 3.8) is 0 Å². The van der Waals surface area contributed by atoms with Gasteiger partial charge in [-0.1, -0.05) is 159 Å². The number of benzene rings is 8. The summed E-state index contributed by atoms with van der Waals surface area (Å²) in [5, 5.41) is 7.67. The Hall–Kier alpha value is -5.46. The Labute approximate surface area is 270 Å². The van der Waals surface area contributed by atoms with Crippen LogP contribution in [-0.4, -0.2) is 0 Å². The van der Waals surface area contributed by atoms with Gasteiger partial charge < -0.3 is 0 Å². The van der Waals surface area contributed by atoms with Crippen molar-refractivity contribution in [3.8, 4) is 44.5 Å². The molecule has 0 saturated carbocycles. The molecule has 1 aliphatic rings. The van der Waals surface area contributed by atoms with E-state index >= 15 is 0 Å². The molecule has 0 spiro atoms. The number of rotatable bonds is 3. The Balaban J connectivity index is 1.43. The van der Waals surface area contributed by atoms with E-state index in [2.05, 4.69) is 172 Å². The largest absolute Gasteiger partial charge is 0.0619 e. The van der Waals surface area contributed by atoms with Crippen LogP contribution in [0.15, 0.2) is 152 Å². The second-order valence-electron chi connectivity index (χ2n) is 13.4. The van der Waals surface area contributed by atoms with Crippen molar-refractivity contribution < 1.29 is 0 Å². The molecule has 46 heavy (non-hydrogen) atoms. The summed E-state index contributed by atoms with van der Waals surface area (Å²) in [7, 11) is 0. The number of aryl methyl sites for hydroxylation is 1. The van der Waals surface area contributed by atoms with E-state index in [0.717, 1.165) is 0 Å². The van der Waals surface area contributed by atoms with E-state index in [1.54, 1.807) is 0 Å². The van der Waals surface area contributed by atoms with Crippen molar-refractivity contribution >= 4 is 32.3 Å². The Morgan fingerprint density at radius 1 is 0.370 bits per heavy atom. The standard InChI is InChI=1S/C46H34/c1-29-19-21-31(22-20-29)43-35-13-6-7-14-36(35)44(39-16-10-18-42-45(39)38-15-8-9-17-41(38)46(42,2)3)40-28-34(25-26-37(40)43)33-24-23-30-11-4-5-12-32(30)27-33/h4-28H,1-3H3. The van der Waals surface area contributed by atoms with Crippen LogP contribution in [0.25, 0.3) is 76.8 Å². The molecule has 0 N–H and O–H groups in total. The zero-order valence-electron chi connectivity index (χ0n) is 26.4. The highest BCUT2D eigenvalue weighted by atomic mass is 14.4. The SMILES string of the molecule is Cc1ccc(-c2c3ccccc3c(-c3cccc4c3-c3ccccc3C4(C)C)c3cc(-c4ccc5ccccc5c4)ccc23)cc1. The maximum Gasteiger partial charge on any atom is 0.0159 e. The summed E-state index contributed by atoms with van der Waals surface area (Å²) in [6.07, 6.45) is 0. The molecule has 0 heterocycles. The van der Waals surface area contributed by atoms with E-state index in [1.165, 1.54) is 93.5 Å². The van der Waals surface area contributed by atoms with Crippen LogP contribution in [0.1, 0.15) is 30.5 Å². The molecule has 0 amide bonds. The van der Waals surface area contributed by atoms with Crippen LogP contribution >= 0.6 is 0 Å². The Morgan fingerprint density at radius 3 is 1.78 bits per heavy atom. The van der Waals surface area contributed by atoms with Gasteiger partial charge in [0, 0.05) is 5.41 Å². The molecule has 1 aliphatic carbocycles. The third-order valence-corrected chi connectivity index (χ3v) is 10.3. The summed E-state index contributed by atoms with van der Waals surface area (Å²) < 4.78 is 0. The zero-order valence-corrected chi connectivity index (χ0v) is 26.4. The first-order valence-corrected chi connectivity index (χ1v) is 16.3. The Kier molecular flexibility index (Phi) is 5.86. The van der Waals surface area contributed by atoms with Crippen LogP contribution in [-0.2, 0) is 5.41 Å². The summed E-state index contributed by atoms with van der Waals surface area (Å²) in [6, 6.07) is 56.6. The summed E-state index contributed by atoms with van der Waals surface area (Å²) in [4.78, 5) is 0. The summed E-state index contributed by atoms with van der Waals surface area (Å²) in [6.45, 7) is 6.90. The lowest BCUT2D eigenvalue weighted by molar-refractivity contribution is 0.660. The van der Waals surface area contributed by atoms with Crippen LogP contribution in [0.3, 0.4) is 0 Å². The fourth-order valence-corrected chi connectivity index (χ4v) is 8.01. The van der Waals surface area contributed by atoms with Gasteiger partial charge >= 0.3 is 0 Å². The van der Waals surface area contributed by atoms with Gasteiger partial charge in [0.05, 0.1) is 0 Å². The van der Waals surface area contributed by atoms with Crippen LogP contribution in [0.5, 0.6) is 0 Å². The van der Waals surface area contributed by atoms with E-state index in [9.17, 15) is 0 Å². The van der Waals surface area contributed by atoms with Crippen molar-refractivity contribution in [1.29, 1.82) is 0 Å². The molecule has 0 aliphatic heterocycles. The van der Waals surface area contributed by atoms with Crippen molar-refractivity contribution in [1.82, 2.24) is 0 Å². The van der Waals surface area contributed by atoms with E-state index in [0.29, 0.717) is 0 Å². The third-order valence-electron chi connectivity index (χ3n) is 10.3. The van der Waals surface area contributed by atoms with Crippen molar-refractivity contribution in [2.75, 3.05) is 0 Å². The number of fused-ring (bicyclic) bond motifs is 6. The molecule has 0 radical (unpaired) electrons. The molecule has 0 unspecified atom stereocenters. The lowest BCUT2D eigenvalue weighted by Gasteiger charge is -2.23. The van der Waals surface area contributed by atoms with Gasteiger partial charge in [-0.15, -0.1) is 0 Å². The fourth-order valence-electron chi connectivity index (χ4n) is 8.01. The van der Waals surface area contributed by atoms with Gasteiger partial charge in [-0.3, -0.25) is 0 Å². The van der Waals surface area contributed by atoms with Gasteiger partial charge in [-0.25, -0.2) is 0 Å². The molecule has 0 bridgehead atoms. The first kappa shape index (κ1) is 26.9. The quantitative estimate of drug-likeness (QED) is 0.181. The Bertz CT molecular complexity index is 2490. The molecule has 0 heteroatoms. The molecular weight excluding hydrogens is 553 g/mol. The van der Waals surface area contributed by atoms with Gasteiger partial charge in [0.15, 0.2) is 0 Å². The summed E-state index contributed by atoms with van der Waals surface area (Å²) >= 11 is 0. The van der Waals surface area contributed by atoms with E-state index < -0.39 is 0 Å². The summed E-state index contributed by atoms with van der Waals surface area (Å²) in [5.74, 6) is 0. The Morgan fingerprint density at radius 2 is 0.957 bits per heavy atom. The smallest absolute Gasteiger partial charge is 0.0159 e. The van der Waals surface area contributed by atoms with E-state index in [1.807, 2.05) is 0 Å². The van der Waals surface area contributed by atoms with Crippen LogP contribution in [0.2, 0.25) is 0 Å². The molecule has 218 valence electrons. The van der Waals surface area contributed by atoms with Crippen LogP contribution in [0.4, 0.5) is 0 Å². The van der Waals surface area contributed by atoms with Gasteiger partial charge in [-0.2, -0.15) is 0 Å². The van der Waals surface area contributed by atoms with Gasteiger partial charge in [0.25, 0.3) is 0 Å². The molecule has 8 aromatic rings. The second kappa shape index (κ2) is 10.0.